The molecule has 1 aromatic rings. The number of nitrogens with two attached hydrogens (primary N) is 1. The van der Waals surface area contributed by atoms with E-state index in [9.17, 15) is 0 Å². The van der Waals surface area contributed by atoms with Crippen LogP contribution in [0.15, 0.2) is 53.3 Å². The zero-order valence-corrected chi connectivity index (χ0v) is 12.8. The molecule has 0 saturated heterocycles. The summed E-state index contributed by atoms with van der Waals surface area (Å²) in [4.78, 5) is 13.9. The van der Waals surface area contributed by atoms with Crippen molar-refractivity contribution in [2.24, 2.45) is 16.0 Å². The van der Waals surface area contributed by atoms with Crippen molar-refractivity contribution in [1.29, 1.82) is 0 Å². The Morgan fingerprint density at radius 2 is 2.17 bits per heavy atom. The Hall–Kier alpha value is -2.64. The minimum absolute atomic E-state index is 0.0240. The van der Waals surface area contributed by atoms with Gasteiger partial charge in [-0.3, -0.25) is 0 Å². The molecule has 0 aliphatic carbocycles. The molecule has 0 fully saturated rings. The average molecular weight is 317 g/mol. The van der Waals surface area contributed by atoms with E-state index in [2.05, 4.69) is 16.7 Å². The maximum atomic E-state index is 9.07. The molecule has 122 valence electrons. The second-order valence-corrected chi connectivity index (χ2v) is 4.73. The Morgan fingerprint density at radius 3 is 2.70 bits per heavy atom. The van der Waals surface area contributed by atoms with Gasteiger partial charge in [-0.25, -0.2) is 4.99 Å². The van der Waals surface area contributed by atoms with E-state index in [0.29, 0.717) is 17.8 Å². The molecule has 1 atom stereocenters. The monoisotopic (exact) mass is 317 g/mol. The maximum absolute atomic E-state index is 9.07. The molecule has 0 spiro atoms. The summed E-state index contributed by atoms with van der Waals surface area (Å²) >= 11 is 0. The third-order valence-electron chi connectivity index (χ3n) is 3.22. The molecular formula is C16H19N3O4. The van der Waals surface area contributed by atoms with Crippen LogP contribution < -0.4 is 5.90 Å². The number of rotatable bonds is 6. The highest BCUT2D eigenvalue weighted by Gasteiger charge is 2.26. The van der Waals surface area contributed by atoms with E-state index in [1.807, 2.05) is 6.08 Å². The summed E-state index contributed by atoms with van der Waals surface area (Å²) in [5, 5.41) is 13.0. The van der Waals surface area contributed by atoms with E-state index in [-0.39, 0.29) is 18.6 Å². The van der Waals surface area contributed by atoms with Crippen molar-refractivity contribution in [3.05, 3.63) is 54.3 Å². The molecular weight excluding hydrogens is 298 g/mol. The number of oxime groups is 1. The van der Waals surface area contributed by atoms with E-state index in [1.54, 1.807) is 30.5 Å². The average Bonchev–Trinajstić information content (AvgIpc) is 3.12. The molecule has 1 aliphatic heterocycles. The summed E-state index contributed by atoms with van der Waals surface area (Å²) in [5.74, 6) is 5.39. The number of ether oxygens (including phenoxy) is 1. The van der Waals surface area contributed by atoms with Crippen LogP contribution >= 0.6 is 0 Å². The highest BCUT2D eigenvalue weighted by molar-refractivity contribution is 6.41. The molecule has 1 aliphatic rings. The summed E-state index contributed by atoms with van der Waals surface area (Å²) in [6.07, 6.45) is 3.67. The molecule has 7 heteroatoms. The van der Waals surface area contributed by atoms with Crippen LogP contribution in [0.3, 0.4) is 0 Å². The predicted molar refractivity (Wildman–Crippen MR) is 87.2 cm³/mol. The van der Waals surface area contributed by atoms with Crippen LogP contribution in [-0.2, 0) is 21.0 Å². The molecule has 7 nitrogen and oxygen atoms in total. The van der Waals surface area contributed by atoms with E-state index in [1.165, 1.54) is 7.11 Å². The number of hydrogen-bond donors (Lipinski definition) is 2. The van der Waals surface area contributed by atoms with Crippen molar-refractivity contribution < 1.29 is 19.5 Å². The van der Waals surface area contributed by atoms with Crippen molar-refractivity contribution in [2.75, 3.05) is 7.11 Å². The lowest BCUT2D eigenvalue weighted by molar-refractivity contribution is 0.191. The lowest BCUT2D eigenvalue weighted by atomic mass is 10.1. The van der Waals surface area contributed by atoms with Gasteiger partial charge in [0.1, 0.15) is 7.11 Å². The van der Waals surface area contributed by atoms with E-state index >= 15 is 0 Å². The Labute approximate surface area is 134 Å². The summed E-state index contributed by atoms with van der Waals surface area (Å²) in [6.45, 7) is 3.88. The van der Waals surface area contributed by atoms with Gasteiger partial charge >= 0.3 is 0 Å². The number of nitrogens with zero attached hydrogens (tertiary/aromatic N) is 2. The fraction of sp³-hybridized carbons (Fsp3) is 0.250. The van der Waals surface area contributed by atoms with E-state index < -0.39 is 0 Å². The second-order valence-electron chi connectivity index (χ2n) is 4.73. The van der Waals surface area contributed by atoms with Gasteiger partial charge in [0.2, 0.25) is 0 Å². The van der Waals surface area contributed by atoms with Crippen LogP contribution in [0.25, 0.3) is 5.70 Å². The lowest BCUT2D eigenvalue weighted by Gasteiger charge is -2.14. The minimum atomic E-state index is -0.373. The van der Waals surface area contributed by atoms with Gasteiger partial charge in [-0.15, -0.1) is 0 Å². The third kappa shape index (κ3) is 4.18. The molecule has 0 aromatic heterocycles. The van der Waals surface area contributed by atoms with Gasteiger partial charge in [-0.05, 0) is 17.2 Å². The molecule has 0 bridgehead atoms. The number of hydrogen-bond acceptors (Lipinski definition) is 7. The number of benzene rings is 1. The first-order valence-corrected chi connectivity index (χ1v) is 6.96. The highest BCUT2D eigenvalue weighted by Crippen LogP contribution is 2.18. The Morgan fingerprint density at radius 1 is 1.43 bits per heavy atom. The largest absolute Gasteiger partial charge is 0.491 e. The highest BCUT2D eigenvalue weighted by atomic mass is 16.6. The predicted octanol–water partition coefficient (Wildman–Crippen LogP) is 1.74. The molecule has 1 aromatic carbocycles. The Balaban J connectivity index is 2.24. The normalized spacial score (nSPS) is 17.8. The van der Waals surface area contributed by atoms with Crippen molar-refractivity contribution in [1.82, 2.24) is 0 Å². The van der Waals surface area contributed by atoms with Crippen LogP contribution in [0.2, 0.25) is 0 Å². The molecule has 23 heavy (non-hydrogen) atoms. The maximum Gasteiger partial charge on any atom is 0.267 e. The van der Waals surface area contributed by atoms with Crippen molar-refractivity contribution >= 4 is 17.3 Å². The van der Waals surface area contributed by atoms with Gasteiger partial charge in [0.05, 0.1) is 18.6 Å². The van der Waals surface area contributed by atoms with Crippen molar-refractivity contribution in [3.8, 4) is 0 Å². The van der Waals surface area contributed by atoms with E-state index in [0.717, 1.165) is 11.1 Å². The topological polar surface area (TPSA) is 98.7 Å². The smallest absolute Gasteiger partial charge is 0.267 e. The van der Waals surface area contributed by atoms with Crippen molar-refractivity contribution in [3.63, 3.8) is 0 Å². The van der Waals surface area contributed by atoms with Gasteiger partial charge in [-0.1, -0.05) is 36.0 Å². The molecule has 3 N–H and O–H groups in total. The Bertz CT molecular complexity index is 627. The molecule has 1 unspecified atom stereocenters. The summed E-state index contributed by atoms with van der Waals surface area (Å²) in [5.41, 5.74) is 2.34. The quantitative estimate of drug-likeness (QED) is 0.473. The Kier molecular flexibility index (Phi) is 5.90. The summed E-state index contributed by atoms with van der Waals surface area (Å²) in [6, 6.07) is 7.17. The van der Waals surface area contributed by atoms with Gasteiger partial charge in [0.15, 0.2) is 11.8 Å². The number of aliphatic hydroxyl groups excluding tert-OH is 1. The van der Waals surface area contributed by atoms with Crippen LogP contribution in [0, 0.1) is 0 Å². The molecule has 0 radical (unpaired) electrons. The first-order chi connectivity index (χ1) is 11.2. The van der Waals surface area contributed by atoms with Gasteiger partial charge in [0.25, 0.3) is 5.90 Å². The van der Waals surface area contributed by atoms with Gasteiger partial charge in [-0.2, -0.15) is 5.90 Å². The van der Waals surface area contributed by atoms with Crippen molar-refractivity contribution in [2.45, 2.75) is 19.1 Å². The third-order valence-corrected chi connectivity index (χ3v) is 3.22. The van der Waals surface area contributed by atoms with Gasteiger partial charge in [0, 0.05) is 6.42 Å². The SMILES string of the molecule is C=C(N=C(ON)/C(=N\OC)C1CC=CO1)c1ccc(CO)cc1. The van der Waals surface area contributed by atoms with Crippen LogP contribution in [0.1, 0.15) is 17.5 Å². The van der Waals surface area contributed by atoms with E-state index in [4.69, 9.17) is 25.4 Å². The fourth-order valence-electron chi connectivity index (χ4n) is 2.03. The lowest BCUT2D eigenvalue weighted by Crippen LogP contribution is -2.32. The molecule has 0 amide bonds. The first kappa shape index (κ1) is 16.7. The van der Waals surface area contributed by atoms with Crippen LogP contribution in [0.5, 0.6) is 0 Å². The molecule has 2 rings (SSSR count). The molecule has 1 heterocycles. The molecule has 0 saturated carbocycles. The standard InChI is InChI=1S/C16H19N3O4/c1-11(13-7-5-12(10-20)6-8-13)18-16(23-17)15(19-21-2)14-4-3-9-22-14/h3,5-9,14,20H,1,4,10,17H2,2H3/b18-16?,19-15-. The summed E-state index contributed by atoms with van der Waals surface area (Å²) < 4.78 is 5.40. The zero-order chi connectivity index (χ0) is 16.7. The van der Waals surface area contributed by atoms with Gasteiger partial charge < -0.3 is 19.5 Å². The first-order valence-electron chi connectivity index (χ1n) is 6.96. The number of aliphatic imine (C=N–C) groups is 1. The zero-order valence-electron chi connectivity index (χ0n) is 12.8. The van der Waals surface area contributed by atoms with Crippen LogP contribution in [-0.4, -0.2) is 29.9 Å². The number of aliphatic hydroxyl groups is 1. The minimum Gasteiger partial charge on any atom is -0.491 e. The fourth-order valence-corrected chi connectivity index (χ4v) is 2.03. The summed E-state index contributed by atoms with van der Waals surface area (Å²) in [7, 11) is 1.42. The van der Waals surface area contributed by atoms with Crippen LogP contribution in [0.4, 0.5) is 0 Å². The second kappa shape index (κ2) is 8.11.